The molecule has 2 heterocycles. The molecule has 0 radical (unpaired) electrons. The van der Waals surface area contributed by atoms with Gasteiger partial charge in [-0.15, -0.1) is 0 Å². The summed E-state index contributed by atoms with van der Waals surface area (Å²) in [4.78, 5) is 21.8. The average Bonchev–Trinajstić information content (AvgIpc) is 3.46. The highest BCUT2D eigenvalue weighted by atomic mass is 32.2. The number of ether oxygens (including phenoxy) is 3. The molecule has 12 nitrogen and oxygen atoms in total. The van der Waals surface area contributed by atoms with E-state index >= 15 is 0 Å². The predicted octanol–water partition coefficient (Wildman–Crippen LogP) is 4.86. The van der Waals surface area contributed by atoms with Crippen LogP contribution in [0.25, 0.3) is 11.0 Å². The van der Waals surface area contributed by atoms with Crippen molar-refractivity contribution >= 4 is 48.0 Å². The zero-order valence-electron chi connectivity index (χ0n) is 27.7. The van der Waals surface area contributed by atoms with Crippen LogP contribution in [0.2, 0.25) is 0 Å². The van der Waals surface area contributed by atoms with Gasteiger partial charge in [-0.2, -0.15) is 8.96 Å². The lowest BCUT2D eigenvalue weighted by molar-refractivity contribution is 0.0529. The summed E-state index contributed by atoms with van der Waals surface area (Å²) in [5, 5.41) is -0.252. The van der Waals surface area contributed by atoms with E-state index in [4.69, 9.17) is 14.2 Å². The Morgan fingerprint density at radius 1 is 0.898 bits per heavy atom. The Hall–Kier alpha value is -4.44. The quantitative estimate of drug-likeness (QED) is 0.127. The maximum atomic E-state index is 14.5. The van der Waals surface area contributed by atoms with Gasteiger partial charge in [-0.05, 0) is 69.7 Å². The van der Waals surface area contributed by atoms with Gasteiger partial charge in [0.25, 0.3) is 10.0 Å². The molecule has 15 heteroatoms. The second-order valence-corrected chi connectivity index (χ2v) is 16.5. The second kappa shape index (κ2) is 14.2. The van der Waals surface area contributed by atoms with Crippen LogP contribution in [0.1, 0.15) is 38.3 Å². The zero-order valence-corrected chi connectivity index (χ0v) is 30.2. The van der Waals surface area contributed by atoms with Crippen molar-refractivity contribution in [3.63, 3.8) is 0 Å². The van der Waals surface area contributed by atoms with E-state index in [-0.39, 0.29) is 37.3 Å². The number of aryl methyl sites for hydroxylation is 3. The number of hydrogen-bond acceptors (Lipinski definition) is 11. The predicted molar refractivity (Wildman–Crippen MR) is 184 cm³/mol. The van der Waals surface area contributed by atoms with Crippen molar-refractivity contribution in [1.82, 2.24) is 13.9 Å². The largest absolute Gasteiger partial charge is 0.609 e. The van der Waals surface area contributed by atoms with Gasteiger partial charge >= 0.3 is 11.1 Å². The van der Waals surface area contributed by atoms with Crippen molar-refractivity contribution in [2.24, 2.45) is 0 Å². The Bertz CT molecular complexity index is 2270. The molecule has 0 saturated heterocycles. The van der Waals surface area contributed by atoms with Gasteiger partial charge in [0.1, 0.15) is 18.1 Å². The molecule has 0 spiro atoms. The van der Waals surface area contributed by atoms with Crippen LogP contribution in [0.4, 0.5) is 0 Å². The summed E-state index contributed by atoms with van der Waals surface area (Å²) in [5.41, 5.74) is 3.34. The van der Waals surface area contributed by atoms with E-state index < -0.39 is 49.4 Å². The number of fused-ring (bicyclic) bond motifs is 1. The van der Waals surface area contributed by atoms with E-state index in [1.165, 1.54) is 44.6 Å². The summed E-state index contributed by atoms with van der Waals surface area (Å²) in [6.45, 7) is 6.55. The molecule has 0 aliphatic rings. The van der Waals surface area contributed by atoms with E-state index in [1.807, 2.05) is 13.8 Å². The lowest BCUT2D eigenvalue weighted by atomic mass is 10.1. The molecule has 0 bridgehead atoms. The van der Waals surface area contributed by atoms with Gasteiger partial charge in [0.05, 0.1) is 52.1 Å². The van der Waals surface area contributed by atoms with Crippen LogP contribution in [0.5, 0.6) is 11.5 Å². The normalized spacial score (nSPS) is 12.6. The fourth-order valence-electron chi connectivity index (χ4n) is 5.21. The number of nitrogens with zero attached hydrogens (tertiary/aromatic N) is 3. The zero-order chi connectivity index (χ0) is 35.7. The van der Waals surface area contributed by atoms with Crippen molar-refractivity contribution in [1.29, 1.82) is 0 Å². The maximum absolute atomic E-state index is 14.5. The van der Waals surface area contributed by atoms with Crippen LogP contribution in [-0.4, -0.2) is 67.9 Å². The summed E-state index contributed by atoms with van der Waals surface area (Å²) >= 11 is -2.02. The molecular weight excluding hydrogens is 691 g/mol. The van der Waals surface area contributed by atoms with Gasteiger partial charge in [0.15, 0.2) is 15.6 Å². The number of imidazole rings is 1. The Morgan fingerprint density at radius 3 is 2.29 bits per heavy atom. The molecule has 1 unspecified atom stereocenters. The molecule has 0 aliphatic heterocycles. The molecule has 0 amide bonds. The Labute approximate surface area is 288 Å². The van der Waals surface area contributed by atoms with E-state index in [9.17, 15) is 26.2 Å². The number of esters is 1. The summed E-state index contributed by atoms with van der Waals surface area (Å²) < 4.78 is 85.4. The molecule has 49 heavy (non-hydrogen) atoms. The van der Waals surface area contributed by atoms with E-state index in [0.29, 0.717) is 28.3 Å². The number of benzene rings is 3. The van der Waals surface area contributed by atoms with Crippen LogP contribution in [0.15, 0.2) is 81.8 Å². The van der Waals surface area contributed by atoms with Gasteiger partial charge in [-0.3, -0.25) is 4.98 Å². The third-order valence-corrected chi connectivity index (χ3v) is 12.8. The minimum absolute atomic E-state index is 0.0997. The summed E-state index contributed by atoms with van der Waals surface area (Å²) in [6, 6.07) is 14.9. The van der Waals surface area contributed by atoms with Crippen molar-refractivity contribution in [3.05, 3.63) is 100 Å². The number of pyridine rings is 1. The average molecular weight is 726 g/mol. The summed E-state index contributed by atoms with van der Waals surface area (Å²) in [6.07, 6.45) is 1.59. The topological polar surface area (TPSA) is 167 Å². The number of carbonyl (C=O) groups excluding carboxylic acids is 1. The minimum atomic E-state index is -4.56. The molecule has 2 aromatic heterocycles. The molecule has 0 saturated carbocycles. The molecule has 3 aromatic carbocycles. The molecular formula is C34H35N3O9S3. The number of hydrogen-bond donors (Lipinski definition) is 0. The SMILES string of the molecule is COc1ccc2nc([S+]([O-])Cc3ncc(C)c(OC)c3C)n(S(=O)(=O)c3cc(C(=O)OCCS(=O)(=O)c4ccc(C)cc4)ccc3C)c2c1. The lowest BCUT2D eigenvalue weighted by Crippen LogP contribution is -2.22. The molecule has 0 aliphatic carbocycles. The standard InChI is InChI=1S/C34H35N3O9S3/c1-21-7-12-27(13-8-21)48(40,41)16-15-46-33(38)25-10-9-22(2)31(17-25)49(42,43)37-30-18-26(44-5)11-14-28(30)36-34(37)47(39)20-29-24(4)32(45-6)23(3)19-35-29/h7-14,17-19H,15-16,20H2,1-6H3. The highest BCUT2D eigenvalue weighted by molar-refractivity contribution is 7.93. The van der Waals surface area contributed by atoms with Crippen molar-refractivity contribution in [3.8, 4) is 11.5 Å². The van der Waals surface area contributed by atoms with E-state index in [1.54, 1.807) is 44.3 Å². The first kappa shape index (κ1) is 35.9. The highest BCUT2D eigenvalue weighted by Crippen LogP contribution is 2.33. The Morgan fingerprint density at radius 2 is 1.61 bits per heavy atom. The maximum Gasteiger partial charge on any atom is 0.338 e. The monoisotopic (exact) mass is 725 g/mol. The summed E-state index contributed by atoms with van der Waals surface area (Å²) in [5.74, 6) is -0.601. The highest BCUT2D eigenvalue weighted by Gasteiger charge is 2.34. The van der Waals surface area contributed by atoms with Crippen LogP contribution in [0, 0.1) is 27.7 Å². The number of rotatable bonds is 12. The fourth-order valence-corrected chi connectivity index (χ4v) is 9.60. The number of aromatic nitrogens is 3. The molecule has 0 N–H and O–H groups in total. The van der Waals surface area contributed by atoms with Crippen LogP contribution in [0.3, 0.4) is 0 Å². The van der Waals surface area contributed by atoms with Gasteiger partial charge in [0, 0.05) is 34.6 Å². The van der Waals surface area contributed by atoms with Gasteiger partial charge < -0.3 is 18.8 Å². The number of carbonyl (C=O) groups is 1. The molecule has 0 fully saturated rings. The van der Waals surface area contributed by atoms with Crippen LogP contribution >= 0.6 is 0 Å². The first-order valence-corrected chi connectivity index (χ1v) is 19.4. The van der Waals surface area contributed by atoms with E-state index in [2.05, 4.69) is 9.97 Å². The first-order chi connectivity index (χ1) is 23.2. The molecule has 5 rings (SSSR count). The minimum Gasteiger partial charge on any atom is -0.609 e. The van der Waals surface area contributed by atoms with Gasteiger partial charge in [-0.1, -0.05) is 23.8 Å². The van der Waals surface area contributed by atoms with Gasteiger partial charge in [-0.25, -0.2) is 21.6 Å². The van der Waals surface area contributed by atoms with E-state index in [0.717, 1.165) is 21.2 Å². The van der Waals surface area contributed by atoms with Crippen molar-refractivity contribution < 1.29 is 40.4 Å². The number of sulfone groups is 1. The van der Waals surface area contributed by atoms with Crippen molar-refractivity contribution in [2.45, 2.75) is 48.4 Å². The molecule has 5 aromatic rings. The smallest absolute Gasteiger partial charge is 0.338 e. The lowest BCUT2D eigenvalue weighted by Gasteiger charge is -2.16. The third kappa shape index (κ3) is 7.29. The van der Waals surface area contributed by atoms with Crippen LogP contribution < -0.4 is 9.47 Å². The van der Waals surface area contributed by atoms with Crippen molar-refractivity contribution in [2.75, 3.05) is 26.6 Å². The number of methoxy groups -OCH3 is 2. The first-order valence-electron chi connectivity index (χ1n) is 14.9. The molecule has 1 atom stereocenters. The fraction of sp³-hybridized carbons (Fsp3) is 0.265. The molecule has 258 valence electrons. The third-order valence-electron chi connectivity index (χ3n) is 7.92. The van der Waals surface area contributed by atoms with Gasteiger partial charge in [0.2, 0.25) is 0 Å². The Kier molecular flexibility index (Phi) is 10.4. The second-order valence-electron chi connectivity index (χ2n) is 11.3. The summed E-state index contributed by atoms with van der Waals surface area (Å²) in [7, 11) is -5.33. The Balaban J connectivity index is 1.50. The van der Waals surface area contributed by atoms with Crippen LogP contribution in [-0.2, 0) is 41.5 Å².